The van der Waals surface area contributed by atoms with Gasteiger partial charge in [0.25, 0.3) is 5.91 Å². The first-order valence-corrected chi connectivity index (χ1v) is 10.1. The topological polar surface area (TPSA) is 61.9 Å². The number of thiophene rings is 1. The number of amides is 2. The number of methoxy groups -OCH3 is 1. The van der Waals surface area contributed by atoms with Crippen LogP contribution in [-0.4, -0.2) is 50.0 Å². The summed E-state index contributed by atoms with van der Waals surface area (Å²) in [5.74, 6) is 1.12. The summed E-state index contributed by atoms with van der Waals surface area (Å²) in [5, 5.41) is 3.66. The van der Waals surface area contributed by atoms with Crippen LogP contribution in [0.25, 0.3) is 0 Å². The minimum Gasteiger partial charge on any atom is -0.495 e. The van der Waals surface area contributed by atoms with E-state index in [2.05, 4.69) is 10.2 Å². The second-order valence-corrected chi connectivity index (χ2v) is 7.96. The summed E-state index contributed by atoms with van der Waals surface area (Å²) in [7, 11) is 1.68. The summed E-state index contributed by atoms with van der Waals surface area (Å²) in [6.45, 7) is 2.86. The molecule has 1 aromatic heterocycles. The number of rotatable bonds is 5. The van der Waals surface area contributed by atoms with Crippen molar-refractivity contribution in [2.45, 2.75) is 12.8 Å². The van der Waals surface area contributed by atoms with E-state index >= 15 is 0 Å². The van der Waals surface area contributed by atoms with Crippen molar-refractivity contribution in [1.29, 1.82) is 0 Å². The maximum atomic E-state index is 12.8. The van der Waals surface area contributed by atoms with Crippen LogP contribution in [0.15, 0.2) is 36.4 Å². The molecule has 2 fully saturated rings. The molecular weight excluding hydrogens is 362 g/mol. The number of carbonyl (C=O) groups excluding carboxylic acids is 2. The predicted molar refractivity (Wildman–Crippen MR) is 107 cm³/mol. The lowest BCUT2D eigenvalue weighted by atomic mass is 10.2. The zero-order chi connectivity index (χ0) is 18.8. The minimum atomic E-state index is 0.0339. The molecule has 1 aromatic carbocycles. The Hall–Kier alpha value is -2.54. The molecule has 2 heterocycles. The molecule has 142 valence electrons. The predicted octanol–water partition coefficient (Wildman–Crippen LogP) is 3.07. The van der Waals surface area contributed by atoms with E-state index in [1.165, 1.54) is 11.3 Å². The first kappa shape index (κ1) is 17.9. The van der Waals surface area contributed by atoms with E-state index < -0.39 is 0 Å². The highest BCUT2D eigenvalue weighted by atomic mass is 32.1. The Bertz CT molecular complexity index is 839. The summed E-state index contributed by atoms with van der Waals surface area (Å²) in [6.07, 6.45) is 1.94. The lowest BCUT2D eigenvalue weighted by Gasteiger charge is -2.36. The van der Waals surface area contributed by atoms with Crippen molar-refractivity contribution in [1.82, 2.24) is 4.90 Å². The highest BCUT2D eigenvalue weighted by Gasteiger charge is 2.30. The minimum absolute atomic E-state index is 0.0339. The molecule has 2 aromatic rings. The van der Waals surface area contributed by atoms with Crippen LogP contribution in [-0.2, 0) is 4.79 Å². The lowest BCUT2D eigenvalue weighted by Crippen LogP contribution is -2.48. The average Bonchev–Trinajstić information content (AvgIpc) is 3.47. The molecule has 1 N–H and O–H groups in total. The van der Waals surface area contributed by atoms with Gasteiger partial charge in [-0.15, -0.1) is 11.3 Å². The van der Waals surface area contributed by atoms with E-state index in [9.17, 15) is 9.59 Å². The molecular formula is C20H23N3O3S. The molecule has 0 bridgehead atoms. The largest absolute Gasteiger partial charge is 0.495 e. The Morgan fingerprint density at radius 1 is 1.07 bits per heavy atom. The molecule has 1 aliphatic heterocycles. The normalized spacial score (nSPS) is 16.9. The number of nitrogens with one attached hydrogen (secondary N) is 1. The summed E-state index contributed by atoms with van der Waals surface area (Å²) in [5.41, 5.74) is 1.06. The van der Waals surface area contributed by atoms with E-state index in [0.29, 0.717) is 18.0 Å². The van der Waals surface area contributed by atoms with E-state index in [1.807, 2.05) is 41.3 Å². The fourth-order valence-corrected chi connectivity index (χ4v) is 4.16. The monoisotopic (exact) mass is 385 g/mol. The molecule has 0 unspecified atom stereocenters. The standard InChI is InChI=1S/C20H23N3O3S/c1-26-16-5-3-2-4-15(16)22-10-12-23(13-11-22)20(25)17-8-9-18(27-17)21-19(24)14-6-7-14/h2-5,8-9,14H,6-7,10-13H2,1H3,(H,21,24). The molecule has 6 nitrogen and oxygen atoms in total. The van der Waals surface area contributed by atoms with Crippen LogP contribution in [0.5, 0.6) is 5.75 Å². The van der Waals surface area contributed by atoms with Crippen molar-refractivity contribution < 1.29 is 14.3 Å². The second kappa shape index (κ2) is 7.60. The van der Waals surface area contributed by atoms with Gasteiger partial charge >= 0.3 is 0 Å². The molecule has 0 atom stereocenters. The first-order valence-electron chi connectivity index (χ1n) is 9.23. The number of piperazine rings is 1. The van der Waals surface area contributed by atoms with Gasteiger partial charge in [0.1, 0.15) is 5.75 Å². The molecule has 27 heavy (non-hydrogen) atoms. The molecule has 1 saturated heterocycles. The Balaban J connectivity index is 1.36. The van der Waals surface area contributed by atoms with E-state index in [1.54, 1.807) is 7.11 Å². The summed E-state index contributed by atoms with van der Waals surface area (Å²) < 4.78 is 5.44. The lowest BCUT2D eigenvalue weighted by molar-refractivity contribution is -0.117. The zero-order valence-corrected chi connectivity index (χ0v) is 16.1. The molecule has 0 radical (unpaired) electrons. The van der Waals surface area contributed by atoms with Crippen molar-refractivity contribution in [3.63, 3.8) is 0 Å². The van der Waals surface area contributed by atoms with Crippen LogP contribution in [0.1, 0.15) is 22.5 Å². The van der Waals surface area contributed by atoms with Crippen LogP contribution in [0.4, 0.5) is 10.7 Å². The van der Waals surface area contributed by atoms with Gasteiger partial charge in [0.2, 0.25) is 5.91 Å². The van der Waals surface area contributed by atoms with Crippen LogP contribution >= 0.6 is 11.3 Å². The third-order valence-corrected chi connectivity index (χ3v) is 5.99. The number of hydrogen-bond acceptors (Lipinski definition) is 5. The third-order valence-electron chi connectivity index (χ3n) is 5.00. The van der Waals surface area contributed by atoms with Gasteiger partial charge in [-0.2, -0.15) is 0 Å². The number of anilines is 2. The number of nitrogens with zero attached hydrogens (tertiary/aromatic N) is 2. The van der Waals surface area contributed by atoms with E-state index in [0.717, 1.165) is 42.4 Å². The van der Waals surface area contributed by atoms with Gasteiger partial charge in [-0.3, -0.25) is 9.59 Å². The van der Waals surface area contributed by atoms with Crippen molar-refractivity contribution >= 4 is 33.8 Å². The van der Waals surface area contributed by atoms with Gasteiger partial charge in [-0.25, -0.2) is 0 Å². The van der Waals surface area contributed by atoms with Crippen molar-refractivity contribution in [2.75, 3.05) is 43.5 Å². The van der Waals surface area contributed by atoms with Crippen LogP contribution in [0.2, 0.25) is 0 Å². The first-order chi connectivity index (χ1) is 13.2. The Morgan fingerprint density at radius 3 is 2.52 bits per heavy atom. The molecule has 2 amide bonds. The van der Waals surface area contributed by atoms with Crippen molar-refractivity contribution in [2.24, 2.45) is 5.92 Å². The fourth-order valence-electron chi connectivity index (χ4n) is 3.29. The van der Waals surface area contributed by atoms with Gasteiger partial charge < -0.3 is 19.9 Å². The summed E-state index contributed by atoms with van der Waals surface area (Å²) in [6, 6.07) is 11.6. The maximum absolute atomic E-state index is 12.8. The third kappa shape index (κ3) is 3.93. The summed E-state index contributed by atoms with van der Waals surface area (Å²) >= 11 is 1.35. The Kier molecular flexibility index (Phi) is 5.03. The number of ether oxygens (including phenoxy) is 1. The summed E-state index contributed by atoms with van der Waals surface area (Å²) in [4.78, 5) is 29.5. The van der Waals surface area contributed by atoms with Crippen LogP contribution < -0.4 is 15.0 Å². The average molecular weight is 385 g/mol. The molecule has 2 aliphatic rings. The number of hydrogen-bond donors (Lipinski definition) is 1. The highest BCUT2D eigenvalue weighted by Crippen LogP contribution is 2.32. The molecule has 7 heteroatoms. The van der Waals surface area contributed by atoms with Crippen LogP contribution in [0, 0.1) is 5.92 Å². The highest BCUT2D eigenvalue weighted by molar-refractivity contribution is 7.18. The Labute approximate surface area is 162 Å². The van der Waals surface area contributed by atoms with Gasteiger partial charge in [-0.05, 0) is 37.1 Å². The van der Waals surface area contributed by atoms with Crippen LogP contribution in [0.3, 0.4) is 0 Å². The van der Waals surface area contributed by atoms with Crippen molar-refractivity contribution in [3.8, 4) is 5.75 Å². The maximum Gasteiger partial charge on any atom is 0.264 e. The van der Waals surface area contributed by atoms with Crippen molar-refractivity contribution in [3.05, 3.63) is 41.3 Å². The van der Waals surface area contributed by atoms with Gasteiger partial charge in [0, 0.05) is 32.1 Å². The SMILES string of the molecule is COc1ccccc1N1CCN(C(=O)c2ccc(NC(=O)C3CC3)s2)CC1. The van der Waals surface area contributed by atoms with Gasteiger partial charge in [-0.1, -0.05) is 12.1 Å². The Morgan fingerprint density at radius 2 is 1.81 bits per heavy atom. The van der Waals surface area contributed by atoms with E-state index in [4.69, 9.17) is 4.74 Å². The van der Waals surface area contributed by atoms with Gasteiger partial charge in [0.15, 0.2) is 0 Å². The zero-order valence-electron chi connectivity index (χ0n) is 15.3. The molecule has 1 saturated carbocycles. The second-order valence-electron chi connectivity index (χ2n) is 6.88. The molecule has 1 aliphatic carbocycles. The fraction of sp³-hybridized carbons (Fsp3) is 0.400. The van der Waals surface area contributed by atoms with Gasteiger partial charge in [0.05, 0.1) is 22.7 Å². The number of benzene rings is 1. The quantitative estimate of drug-likeness (QED) is 0.859. The van der Waals surface area contributed by atoms with E-state index in [-0.39, 0.29) is 17.7 Å². The smallest absolute Gasteiger partial charge is 0.264 e. The number of carbonyl (C=O) groups is 2. The molecule has 4 rings (SSSR count). The molecule has 0 spiro atoms. The number of para-hydroxylation sites is 2.